The lowest BCUT2D eigenvalue weighted by atomic mass is 10.1. The van der Waals surface area contributed by atoms with E-state index in [0.717, 1.165) is 29.2 Å². The Morgan fingerprint density at radius 1 is 1.07 bits per heavy atom. The first-order chi connectivity index (χ1) is 13.8. The van der Waals surface area contributed by atoms with Gasteiger partial charge in [-0.15, -0.1) is 0 Å². The standard InChI is InChI=1S/C20H16F3N3O3/c21-11-3-5-13-17(8-11)26(20(29)16-2-1-7-25(16)19(13)28)10-18(27)24-12-4-6-14(22)15(23)9-12/h3-6,8-9,16H,1-2,7,10H2,(H,24,27). The van der Waals surface area contributed by atoms with Crippen LogP contribution in [0.5, 0.6) is 0 Å². The van der Waals surface area contributed by atoms with Crippen LogP contribution in [-0.4, -0.2) is 41.8 Å². The van der Waals surface area contributed by atoms with E-state index in [4.69, 9.17) is 0 Å². The first kappa shape index (κ1) is 19.0. The van der Waals surface area contributed by atoms with Crippen molar-refractivity contribution in [3.8, 4) is 0 Å². The Morgan fingerprint density at radius 3 is 2.62 bits per heavy atom. The quantitative estimate of drug-likeness (QED) is 0.857. The molecule has 0 aromatic heterocycles. The van der Waals surface area contributed by atoms with Gasteiger partial charge in [-0.25, -0.2) is 13.2 Å². The summed E-state index contributed by atoms with van der Waals surface area (Å²) in [5, 5.41) is 2.38. The number of halogens is 3. The Balaban J connectivity index is 1.65. The molecule has 1 atom stereocenters. The molecule has 0 spiro atoms. The van der Waals surface area contributed by atoms with Gasteiger partial charge in [0.25, 0.3) is 5.91 Å². The van der Waals surface area contributed by atoms with Crippen molar-refractivity contribution in [3.63, 3.8) is 0 Å². The summed E-state index contributed by atoms with van der Waals surface area (Å²) in [6, 6.07) is 5.58. The van der Waals surface area contributed by atoms with Crippen molar-refractivity contribution < 1.29 is 27.6 Å². The van der Waals surface area contributed by atoms with Crippen LogP contribution in [0.3, 0.4) is 0 Å². The monoisotopic (exact) mass is 403 g/mol. The van der Waals surface area contributed by atoms with E-state index < -0.39 is 41.9 Å². The topological polar surface area (TPSA) is 69.7 Å². The van der Waals surface area contributed by atoms with Gasteiger partial charge in [-0.2, -0.15) is 0 Å². The first-order valence-corrected chi connectivity index (χ1v) is 9.02. The molecule has 2 aromatic carbocycles. The molecule has 3 amide bonds. The van der Waals surface area contributed by atoms with E-state index in [2.05, 4.69) is 5.32 Å². The number of hydrogen-bond acceptors (Lipinski definition) is 3. The minimum Gasteiger partial charge on any atom is -0.327 e. The predicted octanol–water partition coefficient (Wildman–Crippen LogP) is 2.69. The molecule has 0 aliphatic carbocycles. The summed E-state index contributed by atoms with van der Waals surface area (Å²) in [6.45, 7) is -0.104. The van der Waals surface area contributed by atoms with Gasteiger partial charge >= 0.3 is 0 Å². The van der Waals surface area contributed by atoms with Crippen molar-refractivity contribution in [1.82, 2.24) is 4.90 Å². The zero-order chi connectivity index (χ0) is 20.7. The molecular formula is C20H16F3N3O3. The molecule has 1 saturated heterocycles. The van der Waals surface area contributed by atoms with Crippen molar-refractivity contribution >= 4 is 29.1 Å². The van der Waals surface area contributed by atoms with Crippen LogP contribution in [0, 0.1) is 17.5 Å². The summed E-state index contributed by atoms with van der Waals surface area (Å²) in [4.78, 5) is 40.9. The molecule has 0 radical (unpaired) electrons. The lowest BCUT2D eigenvalue weighted by Gasteiger charge is -2.25. The molecule has 2 heterocycles. The van der Waals surface area contributed by atoms with Crippen molar-refractivity contribution in [1.29, 1.82) is 0 Å². The second-order valence-corrected chi connectivity index (χ2v) is 6.92. The van der Waals surface area contributed by atoms with E-state index in [1.165, 1.54) is 17.0 Å². The van der Waals surface area contributed by atoms with Crippen molar-refractivity contribution in [2.75, 3.05) is 23.3 Å². The van der Waals surface area contributed by atoms with Gasteiger partial charge in [0.1, 0.15) is 18.4 Å². The zero-order valence-corrected chi connectivity index (χ0v) is 15.1. The van der Waals surface area contributed by atoms with Crippen LogP contribution in [0.2, 0.25) is 0 Å². The molecular weight excluding hydrogens is 387 g/mol. The number of carbonyl (C=O) groups is 3. The SMILES string of the molecule is O=C(CN1C(=O)C2CCCN2C(=O)c2ccc(F)cc21)Nc1ccc(F)c(F)c1. The molecule has 2 aliphatic rings. The van der Waals surface area contributed by atoms with E-state index >= 15 is 0 Å². The summed E-state index contributed by atoms with van der Waals surface area (Å²) < 4.78 is 40.3. The van der Waals surface area contributed by atoms with Crippen molar-refractivity contribution in [2.45, 2.75) is 18.9 Å². The smallest absolute Gasteiger partial charge is 0.256 e. The van der Waals surface area contributed by atoms with Crippen LogP contribution >= 0.6 is 0 Å². The van der Waals surface area contributed by atoms with Crippen molar-refractivity contribution in [3.05, 3.63) is 59.4 Å². The number of rotatable bonds is 3. The van der Waals surface area contributed by atoms with Crippen LogP contribution in [0.1, 0.15) is 23.2 Å². The van der Waals surface area contributed by atoms with Crippen LogP contribution in [0.4, 0.5) is 24.5 Å². The maximum Gasteiger partial charge on any atom is 0.256 e. The van der Waals surface area contributed by atoms with E-state index in [1.807, 2.05) is 0 Å². The Kier molecular flexibility index (Phi) is 4.73. The van der Waals surface area contributed by atoms with Gasteiger partial charge < -0.3 is 15.1 Å². The number of hydrogen-bond donors (Lipinski definition) is 1. The fourth-order valence-electron chi connectivity index (χ4n) is 3.71. The number of nitrogens with one attached hydrogen (secondary N) is 1. The number of nitrogens with zero attached hydrogens (tertiary/aromatic N) is 2. The maximum absolute atomic E-state index is 13.9. The summed E-state index contributed by atoms with van der Waals surface area (Å²) in [5.41, 5.74) is 0.147. The molecule has 2 aliphatic heterocycles. The normalized spacial score (nSPS) is 18.4. The molecule has 9 heteroatoms. The third-order valence-corrected chi connectivity index (χ3v) is 5.05. The fraction of sp³-hybridized carbons (Fsp3) is 0.250. The molecule has 1 unspecified atom stereocenters. The zero-order valence-electron chi connectivity index (χ0n) is 15.1. The molecule has 150 valence electrons. The largest absolute Gasteiger partial charge is 0.327 e. The molecule has 6 nitrogen and oxygen atoms in total. The first-order valence-electron chi connectivity index (χ1n) is 9.02. The highest BCUT2D eigenvalue weighted by molar-refractivity contribution is 6.13. The summed E-state index contributed by atoms with van der Waals surface area (Å²) in [5.74, 6) is -4.42. The van der Waals surface area contributed by atoms with Crippen LogP contribution in [0.25, 0.3) is 0 Å². The summed E-state index contributed by atoms with van der Waals surface area (Å²) in [6.07, 6.45) is 1.09. The minimum absolute atomic E-state index is 0.00852. The average molecular weight is 403 g/mol. The summed E-state index contributed by atoms with van der Waals surface area (Å²) in [7, 11) is 0. The maximum atomic E-state index is 13.9. The predicted molar refractivity (Wildman–Crippen MR) is 97.8 cm³/mol. The molecule has 0 bridgehead atoms. The van der Waals surface area contributed by atoms with Gasteiger partial charge in [0.05, 0.1) is 11.3 Å². The molecule has 0 saturated carbocycles. The molecule has 2 aromatic rings. The number of amides is 3. The molecule has 1 N–H and O–H groups in total. The van der Waals surface area contributed by atoms with Gasteiger partial charge in [0.15, 0.2) is 11.6 Å². The second-order valence-electron chi connectivity index (χ2n) is 6.92. The van der Waals surface area contributed by atoms with Gasteiger partial charge in [0.2, 0.25) is 11.8 Å². The fourth-order valence-corrected chi connectivity index (χ4v) is 3.71. The highest BCUT2D eigenvalue weighted by atomic mass is 19.2. The second kappa shape index (κ2) is 7.23. The molecule has 29 heavy (non-hydrogen) atoms. The van der Waals surface area contributed by atoms with Gasteiger partial charge in [-0.05, 0) is 43.2 Å². The number of carbonyl (C=O) groups excluding carboxylic acids is 3. The Bertz CT molecular complexity index is 1030. The molecule has 4 rings (SSSR count). The van der Waals surface area contributed by atoms with Gasteiger partial charge in [-0.1, -0.05) is 0 Å². The van der Waals surface area contributed by atoms with Gasteiger partial charge in [0, 0.05) is 18.3 Å². The summed E-state index contributed by atoms with van der Waals surface area (Å²) >= 11 is 0. The number of benzene rings is 2. The Hall–Kier alpha value is -3.36. The van der Waals surface area contributed by atoms with Crippen molar-refractivity contribution in [2.24, 2.45) is 0 Å². The lowest BCUT2D eigenvalue weighted by molar-refractivity contribution is -0.124. The van der Waals surface area contributed by atoms with E-state index in [9.17, 15) is 27.6 Å². The van der Waals surface area contributed by atoms with E-state index in [1.54, 1.807) is 0 Å². The highest BCUT2D eigenvalue weighted by Gasteiger charge is 2.42. The van der Waals surface area contributed by atoms with E-state index in [0.29, 0.717) is 19.4 Å². The van der Waals surface area contributed by atoms with Crippen LogP contribution in [-0.2, 0) is 9.59 Å². The average Bonchev–Trinajstić information content (AvgIpc) is 3.15. The lowest BCUT2D eigenvalue weighted by Crippen LogP contribution is -2.47. The third kappa shape index (κ3) is 3.43. The number of fused-ring (bicyclic) bond motifs is 2. The number of anilines is 2. The highest BCUT2D eigenvalue weighted by Crippen LogP contribution is 2.33. The molecule has 1 fully saturated rings. The van der Waals surface area contributed by atoms with Gasteiger partial charge in [-0.3, -0.25) is 14.4 Å². The van der Waals surface area contributed by atoms with Crippen LogP contribution < -0.4 is 10.2 Å². The third-order valence-electron chi connectivity index (χ3n) is 5.05. The Morgan fingerprint density at radius 2 is 1.86 bits per heavy atom. The van der Waals surface area contributed by atoms with Crippen LogP contribution in [0.15, 0.2) is 36.4 Å². The minimum atomic E-state index is -1.13. The van der Waals surface area contributed by atoms with E-state index in [-0.39, 0.29) is 22.8 Å². The Labute approximate surface area is 163 Å².